The van der Waals surface area contributed by atoms with Gasteiger partial charge in [-0.2, -0.15) is 0 Å². The summed E-state index contributed by atoms with van der Waals surface area (Å²) in [4.78, 5) is 14.3. The normalized spacial score (nSPS) is 18.3. The number of nitrogens with zero attached hydrogens (tertiary/aromatic N) is 1. The van der Waals surface area contributed by atoms with E-state index in [2.05, 4.69) is 17.4 Å². The summed E-state index contributed by atoms with van der Waals surface area (Å²) in [6.45, 7) is 1.78. The van der Waals surface area contributed by atoms with Crippen LogP contribution in [0.15, 0.2) is 24.3 Å². The highest BCUT2D eigenvalue weighted by Crippen LogP contribution is 2.33. The van der Waals surface area contributed by atoms with Gasteiger partial charge in [0.15, 0.2) is 0 Å². The van der Waals surface area contributed by atoms with Crippen LogP contribution in [0.2, 0.25) is 0 Å². The fraction of sp³-hybridized carbons (Fsp3) is 0.562. The molecule has 1 saturated heterocycles. The van der Waals surface area contributed by atoms with Gasteiger partial charge in [-0.25, -0.2) is 0 Å². The average Bonchev–Trinajstić information content (AvgIpc) is 2.97. The fourth-order valence-electron chi connectivity index (χ4n) is 2.80. The highest BCUT2D eigenvalue weighted by atomic mass is 16.5. The van der Waals surface area contributed by atoms with Crippen molar-refractivity contribution in [3.8, 4) is 5.75 Å². The zero-order chi connectivity index (χ0) is 14.4. The van der Waals surface area contributed by atoms with Crippen molar-refractivity contribution in [1.29, 1.82) is 0 Å². The van der Waals surface area contributed by atoms with Crippen LogP contribution in [0.25, 0.3) is 0 Å². The lowest BCUT2D eigenvalue weighted by Crippen LogP contribution is -2.30. The van der Waals surface area contributed by atoms with Gasteiger partial charge < -0.3 is 15.0 Å². The second kappa shape index (κ2) is 7.29. The number of rotatable bonds is 6. The molecule has 1 unspecified atom stereocenters. The third-order valence-electron chi connectivity index (χ3n) is 3.89. The summed E-state index contributed by atoms with van der Waals surface area (Å²) in [5.41, 5.74) is 1.21. The monoisotopic (exact) mass is 276 g/mol. The number of benzene rings is 1. The second-order valence-corrected chi connectivity index (χ2v) is 5.23. The number of carbonyl (C=O) groups excluding carboxylic acids is 1. The Bertz CT molecular complexity index is 431. The molecule has 0 saturated carbocycles. The Hall–Kier alpha value is -1.55. The SMILES string of the molecule is CNCCCC(=O)N1CCCC1c1ccc(OC)cc1. The summed E-state index contributed by atoms with van der Waals surface area (Å²) in [7, 11) is 3.59. The van der Waals surface area contributed by atoms with E-state index < -0.39 is 0 Å². The molecular weight excluding hydrogens is 252 g/mol. The number of ether oxygens (including phenoxy) is 1. The van der Waals surface area contributed by atoms with Gasteiger partial charge in [-0.05, 0) is 50.6 Å². The minimum absolute atomic E-state index is 0.239. The van der Waals surface area contributed by atoms with Crippen LogP contribution >= 0.6 is 0 Å². The topological polar surface area (TPSA) is 41.6 Å². The number of nitrogens with one attached hydrogen (secondary N) is 1. The third-order valence-corrected chi connectivity index (χ3v) is 3.89. The molecule has 110 valence electrons. The van der Waals surface area contributed by atoms with Crippen LogP contribution < -0.4 is 10.1 Å². The van der Waals surface area contributed by atoms with E-state index in [0.717, 1.165) is 38.1 Å². The van der Waals surface area contributed by atoms with Crippen molar-refractivity contribution in [3.05, 3.63) is 29.8 Å². The Labute approximate surface area is 121 Å². The molecule has 1 amide bonds. The molecule has 1 aromatic carbocycles. The van der Waals surface area contributed by atoms with Crippen molar-refractivity contribution in [3.63, 3.8) is 0 Å². The van der Waals surface area contributed by atoms with Gasteiger partial charge in [0.1, 0.15) is 5.75 Å². The van der Waals surface area contributed by atoms with E-state index in [9.17, 15) is 4.79 Å². The molecule has 1 aliphatic heterocycles. The van der Waals surface area contributed by atoms with Gasteiger partial charge in [0.25, 0.3) is 0 Å². The number of carbonyl (C=O) groups is 1. The van der Waals surface area contributed by atoms with Crippen molar-refractivity contribution >= 4 is 5.91 Å². The first-order valence-corrected chi connectivity index (χ1v) is 7.34. The predicted octanol–water partition coefficient (Wildman–Crippen LogP) is 2.36. The van der Waals surface area contributed by atoms with Gasteiger partial charge in [0.05, 0.1) is 13.2 Å². The van der Waals surface area contributed by atoms with Crippen molar-refractivity contribution in [2.24, 2.45) is 0 Å². The number of methoxy groups -OCH3 is 1. The zero-order valence-corrected chi connectivity index (χ0v) is 12.4. The highest BCUT2D eigenvalue weighted by Gasteiger charge is 2.29. The molecule has 0 bridgehead atoms. The lowest BCUT2D eigenvalue weighted by Gasteiger charge is -2.25. The minimum atomic E-state index is 0.239. The fourth-order valence-corrected chi connectivity index (χ4v) is 2.80. The summed E-state index contributed by atoms with van der Waals surface area (Å²) in [5.74, 6) is 1.14. The van der Waals surface area contributed by atoms with E-state index in [4.69, 9.17) is 4.74 Å². The molecule has 1 fully saturated rings. The van der Waals surface area contributed by atoms with Crippen LogP contribution in [-0.4, -0.2) is 38.1 Å². The first-order chi connectivity index (χ1) is 9.76. The molecule has 1 aliphatic rings. The molecule has 1 heterocycles. The lowest BCUT2D eigenvalue weighted by atomic mass is 10.0. The number of likely N-dealkylation sites (tertiary alicyclic amines) is 1. The summed E-state index contributed by atoms with van der Waals surface area (Å²) >= 11 is 0. The molecule has 1 atom stereocenters. The molecular formula is C16H24N2O2. The second-order valence-electron chi connectivity index (χ2n) is 5.23. The van der Waals surface area contributed by atoms with Crippen molar-refractivity contribution in [2.45, 2.75) is 31.7 Å². The van der Waals surface area contributed by atoms with E-state index in [1.54, 1.807) is 7.11 Å². The highest BCUT2D eigenvalue weighted by molar-refractivity contribution is 5.77. The van der Waals surface area contributed by atoms with Crippen LogP contribution in [0.3, 0.4) is 0 Å². The number of hydrogen-bond donors (Lipinski definition) is 1. The standard InChI is InChI=1S/C16H24N2O2/c1-17-11-3-6-16(19)18-12-4-5-15(18)13-7-9-14(20-2)10-8-13/h7-10,15,17H,3-6,11-12H2,1-2H3. The predicted molar refractivity (Wildman–Crippen MR) is 79.8 cm³/mol. The van der Waals surface area contributed by atoms with Crippen LogP contribution in [-0.2, 0) is 4.79 Å². The molecule has 0 aliphatic carbocycles. The van der Waals surface area contributed by atoms with Crippen molar-refractivity contribution < 1.29 is 9.53 Å². The first-order valence-electron chi connectivity index (χ1n) is 7.34. The Morgan fingerprint density at radius 2 is 2.15 bits per heavy atom. The largest absolute Gasteiger partial charge is 0.497 e. The maximum Gasteiger partial charge on any atom is 0.223 e. The first kappa shape index (κ1) is 14.9. The number of amides is 1. The van der Waals surface area contributed by atoms with Crippen LogP contribution in [0.4, 0.5) is 0 Å². The van der Waals surface area contributed by atoms with Crippen molar-refractivity contribution in [2.75, 3.05) is 27.2 Å². The molecule has 0 radical (unpaired) electrons. The van der Waals surface area contributed by atoms with E-state index in [0.29, 0.717) is 6.42 Å². The maximum absolute atomic E-state index is 12.3. The minimum Gasteiger partial charge on any atom is -0.497 e. The molecule has 20 heavy (non-hydrogen) atoms. The molecule has 4 nitrogen and oxygen atoms in total. The molecule has 0 aromatic heterocycles. The summed E-state index contributed by atoms with van der Waals surface area (Å²) in [6, 6.07) is 8.32. The molecule has 2 rings (SSSR count). The smallest absolute Gasteiger partial charge is 0.223 e. The lowest BCUT2D eigenvalue weighted by molar-refractivity contribution is -0.132. The zero-order valence-electron chi connectivity index (χ0n) is 12.4. The summed E-state index contributed by atoms with van der Waals surface area (Å²) in [6.07, 6.45) is 3.69. The molecule has 1 N–H and O–H groups in total. The maximum atomic E-state index is 12.3. The van der Waals surface area contributed by atoms with Gasteiger partial charge in [0.2, 0.25) is 5.91 Å². The van der Waals surface area contributed by atoms with Crippen LogP contribution in [0, 0.1) is 0 Å². The van der Waals surface area contributed by atoms with E-state index in [1.165, 1.54) is 5.56 Å². The Morgan fingerprint density at radius 3 is 2.80 bits per heavy atom. The van der Waals surface area contributed by atoms with Gasteiger partial charge in [-0.1, -0.05) is 12.1 Å². The molecule has 0 spiro atoms. The van der Waals surface area contributed by atoms with Gasteiger partial charge in [-0.15, -0.1) is 0 Å². The summed E-state index contributed by atoms with van der Waals surface area (Å²) < 4.78 is 5.18. The van der Waals surface area contributed by atoms with Gasteiger partial charge >= 0.3 is 0 Å². The average molecular weight is 276 g/mol. The Kier molecular flexibility index (Phi) is 5.41. The number of hydrogen-bond acceptors (Lipinski definition) is 3. The van der Waals surface area contributed by atoms with E-state index >= 15 is 0 Å². The third kappa shape index (κ3) is 3.51. The Balaban J connectivity index is 2.00. The van der Waals surface area contributed by atoms with Gasteiger partial charge in [0, 0.05) is 13.0 Å². The van der Waals surface area contributed by atoms with Crippen molar-refractivity contribution in [1.82, 2.24) is 10.2 Å². The van der Waals surface area contributed by atoms with Crippen LogP contribution in [0.1, 0.15) is 37.3 Å². The molecule has 1 aromatic rings. The van der Waals surface area contributed by atoms with Gasteiger partial charge in [-0.3, -0.25) is 4.79 Å². The summed E-state index contributed by atoms with van der Waals surface area (Å²) in [5, 5.41) is 3.08. The molecule has 4 heteroatoms. The quantitative estimate of drug-likeness (QED) is 0.811. The van der Waals surface area contributed by atoms with E-state index in [1.807, 2.05) is 24.1 Å². The Morgan fingerprint density at radius 1 is 1.40 bits per heavy atom. The van der Waals surface area contributed by atoms with Crippen LogP contribution in [0.5, 0.6) is 5.75 Å². The van der Waals surface area contributed by atoms with E-state index in [-0.39, 0.29) is 11.9 Å².